The van der Waals surface area contributed by atoms with Crippen LogP contribution in [0.2, 0.25) is 5.02 Å². The number of carbonyl (C=O) groups is 1. The van der Waals surface area contributed by atoms with Gasteiger partial charge in [-0.1, -0.05) is 11.6 Å². The molecule has 27 heavy (non-hydrogen) atoms. The lowest BCUT2D eigenvalue weighted by atomic mass is 10.1. The highest BCUT2D eigenvalue weighted by Crippen LogP contribution is 2.45. The van der Waals surface area contributed by atoms with Gasteiger partial charge in [0.2, 0.25) is 0 Å². The van der Waals surface area contributed by atoms with Gasteiger partial charge >= 0.3 is 0 Å². The van der Waals surface area contributed by atoms with E-state index in [1.165, 1.54) is 12.1 Å². The van der Waals surface area contributed by atoms with E-state index in [0.717, 1.165) is 16.4 Å². The Bertz CT molecular complexity index is 880. The number of aliphatic hydroxyl groups excluding tert-OH is 1. The molecule has 5 nitrogen and oxygen atoms in total. The molecule has 2 aromatic rings. The van der Waals surface area contributed by atoms with Crippen molar-refractivity contribution in [2.24, 2.45) is 5.41 Å². The summed E-state index contributed by atoms with van der Waals surface area (Å²) in [7, 11) is 0. The average molecular weight is 570 g/mol. The summed E-state index contributed by atoms with van der Waals surface area (Å²) in [5.74, 6) is -1.05. The fraction of sp³-hybridized carbons (Fsp3) is 0.278. The number of nitrogens with one attached hydrogen (secondary N) is 2. The van der Waals surface area contributed by atoms with E-state index in [-0.39, 0.29) is 34.4 Å². The van der Waals surface area contributed by atoms with Gasteiger partial charge < -0.3 is 10.4 Å². The van der Waals surface area contributed by atoms with Gasteiger partial charge in [0.05, 0.1) is 39.6 Å². The second-order valence-electron chi connectivity index (χ2n) is 6.44. The molecule has 144 valence electrons. The molecule has 0 spiro atoms. The van der Waals surface area contributed by atoms with E-state index in [2.05, 4.69) is 49.3 Å². The van der Waals surface area contributed by atoms with Gasteiger partial charge in [-0.15, -0.1) is 0 Å². The number of hydroxylamine groups is 1. The van der Waals surface area contributed by atoms with Crippen molar-refractivity contribution < 1.29 is 19.1 Å². The second-order valence-corrected chi connectivity index (χ2v) is 8.95. The fourth-order valence-electron chi connectivity index (χ4n) is 2.41. The summed E-state index contributed by atoms with van der Waals surface area (Å²) in [5.41, 5.74) is 3.09. The van der Waals surface area contributed by atoms with Crippen molar-refractivity contribution in [3.63, 3.8) is 0 Å². The lowest BCUT2D eigenvalue weighted by Crippen LogP contribution is -2.28. The lowest BCUT2D eigenvalue weighted by Gasteiger charge is -2.16. The topological polar surface area (TPSA) is 70.6 Å². The Balaban J connectivity index is 1.79. The van der Waals surface area contributed by atoms with E-state index in [9.17, 15) is 14.3 Å². The Hall–Kier alpha value is -0.940. The normalized spacial score (nSPS) is 14.7. The van der Waals surface area contributed by atoms with Gasteiger partial charge in [0, 0.05) is 8.99 Å². The Labute approximate surface area is 182 Å². The Morgan fingerprint density at radius 2 is 2.07 bits per heavy atom. The highest BCUT2D eigenvalue weighted by Gasteiger charge is 2.42. The summed E-state index contributed by atoms with van der Waals surface area (Å²) in [6.45, 7) is 0.242. The van der Waals surface area contributed by atoms with Crippen LogP contribution in [0.1, 0.15) is 23.2 Å². The summed E-state index contributed by atoms with van der Waals surface area (Å²) in [6, 6.07) is 7.93. The Kier molecular flexibility index (Phi) is 6.62. The van der Waals surface area contributed by atoms with Crippen molar-refractivity contribution in [2.45, 2.75) is 12.8 Å². The van der Waals surface area contributed by atoms with Crippen LogP contribution in [0, 0.1) is 14.8 Å². The SMILES string of the molecule is O=C(NOCC1(CO)CC1)c1cc(Br)c(F)cc1Nc1ccc(I)cc1Cl. The third-order valence-corrected chi connectivity index (χ3v) is 5.93. The first-order valence-corrected chi connectivity index (χ1v) is 10.3. The summed E-state index contributed by atoms with van der Waals surface area (Å²) in [6.07, 6.45) is 1.72. The van der Waals surface area contributed by atoms with Crippen molar-refractivity contribution >= 4 is 67.4 Å². The van der Waals surface area contributed by atoms with Gasteiger partial charge in [0.25, 0.3) is 5.91 Å². The van der Waals surface area contributed by atoms with Crippen LogP contribution in [-0.2, 0) is 4.84 Å². The molecule has 3 rings (SSSR count). The van der Waals surface area contributed by atoms with Gasteiger partial charge in [0.15, 0.2) is 0 Å². The molecule has 0 aliphatic heterocycles. The highest BCUT2D eigenvalue weighted by molar-refractivity contribution is 14.1. The number of amides is 1. The zero-order chi connectivity index (χ0) is 19.6. The predicted molar refractivity (Wildman–Crippen MR) is 114 cm³/mol. The molecule has 3 N–H and O–H groups in total. The van der Waals surface area contributed by atoms with Crippen molar-refractivity contribution in [1.82, 2.24) is 5.48 Å². The minimum atomic E-state index is -0.534. The maximum absolute atomic E-state index is 14.0. The van der Waals surface area contributed by atoms with Crippen LogP contribution < -0.4 is 10.8 Å². The molecule has 1 aliphatic rings. The van der Waals surface area contributed by atoms with Crippen molar-refractivity contribution in [2.75, 3.05) is 18.5 Å². The first-order chi connectivity index (χ1) is 12.8. The molecular formula is C18H16BrClFIN2O3. The number of aliphatic hydroxyl groups is 1. The monoisotopic (exact) mass is 568 g/mol. The largest absolute Gasteiger partial charge is 0.396 e. The molecule has 0 heterocycles. The minimum absolute atomic E-state index is 0.0169. The quantitative estimate of drug-likeness (QED) is 0.324. The van der Waals surface area contributed by atoms with Crippen molar-refractivity contribution in [1.29, 1.82) is 0 Å². The summed E-state index contributed by atoms with van der Waals surface area (Å²) in [5, 5.41) is 12.7. The van der Waals surface area contributed by atoms with E-state index in [1.54, 1.807) is 12.1 Å². The third-order valence-electron chi connectivity index (χ3n) is 4.34. The number of carbonyl (C=O) groups excluding carboxylic acids is 1. The summed E-state index contributed by atoms with van der Waals surface area (Å²) >= 11 is 11.4. The van der Waals surface area contributed by atoms with Crippen LogP contribution in [0.25, 0.3) is 0 Å². The van der Waals surface area contributed by atoms with Crippen LogP contribution >= 0.6 is 50.1 Å². The standard InChI is InChI=1S/C18H16BrClFIN2O3/c19-12-6-11(17(26)24-27-9-18(8-25)3-4-18)16(7-14(12)21)23-15-2-1-10(22)5-13(15)20/h1-2,5-7,23,25H,3-4,8-9H2,(H,24,26). The van der Waals surface area contributed by atoms with E-state index >= 15 is 0 Å². The average Bonchev–Trinajstić information content (AvgIpc) is 3.40. The zero-order valence-corrected chi connectivity index (χ0v) is 18.5. The van der Waals surface area contributed by atoms with Crippen LogP contribution in [0.3, 0.4) is 0 Å². The fourth-order valence-corrected chi connectivity index (χ4v) is 3.66. The van der Waals surface area contributed by atoms with Crippen LogP contribution in [0.5, 0.6) is 0 Å². The Morgan fingerprint density at radius 3 is 2.70 bits per heavy atom. The molecule has 0 atom stereocenters. The molecule has 1 fully saturated rings. The maximum atomic E-state index is 14.0. The van der Waals surface area contributed by atoms with Crippen molar-refractivity contribution in [3.05, 3.63) is 54.8 Å². The van der Waals surface area contributed by atoms with Crippen LogP contribution in [-0.4, -0.2) is 24.2 Å². The molecule has 0 unspecified atom stereocenters. The lowest BCUT2D eigenvalue weighted by molar-refractivity contribution is -0.0000265. The molecule has 0 radical (unpaired) electrons. The Morgan fingerprint density at radius 1 is 1.33 bits per heavy atom. The predicted octanol–water partition coefficient (Wildman–Crippen LogP) is 5.02. The van der Waals surface area contributed by atoms with E-state index < -0.39 is 11.7 Å². The summed E-state index contributed by atoms with van der Waals surface area (Å²) in [4.78, 5) is 17.8. The van der Waals surface area contributed by atoms with Gasteiger partial charge in [-0.25, -0.2) is 9.87 Å². The number of rotatable bonds is 7. The smallest absolute Gasteiger partial charge is 0.276 e. The summed E-state index contributed by atoms with van der Waals surface area (Å²) < 4.78 is 15.1. The first-order valence-electron chi connectivity index (χ1n) is 8.08. The molecule has 2 aromatic carbocycles. The van der Waals surface area contributed by atoms with E-state index in [4.69, 9.17) is 16.4 Å². The van der Waals surface area contributed by atoms with Gasteiger partial charge in [-0.3, -0.25) is 9.63 Å². The van der Waals surface area contributed by atoms with Gasteiger partial charge in [0.1, 0.15) is 5.82 Å². The highest BCUT2D eigenvalue weighted by atomic mass is 127. The molecule has 0 saturated heterocycles. The second kappa shape index (κ2) is 8.60. The number of halogens is 4. The van der Waals surface area contributed by atoms with Crippen LogP contribution in [0.4, 0.5) is 15.8 Å². The zero-order valence-electron chi connectivity index (χ0n) is 14.0. The molecular weight excluding hydrogens is 553 g/mol. The van der Waals surface area contributed by atoms with Crippen molar-refractivity contribution in [3.8, 4) is 0 Å². The third kappa shape index (κ3) is 5.11. The molecule has 9 heteroatoms. The molecule has 1 aliphatic carbocycles. The molecule has 0 aromatic heterocycles. The van der Waals surface area contributed by atoms with Gasteiger partial charge in [-0.05, 0) is 81.7 Å². The maximum Gasteiger partial charge on any atom is 0.276 e. The van der Waals surface area contributed by atoms with Gasteiger partial charge in [-0.2, -0.15) is 0 Å². The number of hydrogen-bond donors (Lipinski definition) is 3. The van der Waals surface area contributed by atoms with Crippen LogP contribution in [0.15, 0.2) is 34.8 Å². The number of anilines is 2. The minimum Gasteiger partial charge on any atom is -0.396 e. The first kappa shape index (κ1) is 20.8. The molecule has 1 saturated carbocycles. The number of benzene rings is 2. The van der Waals surface area contributed by atoms with E-state index in [1.807, 2.05) is 6.07 Å². The number of hydrogen-bond acceptors (Lipinski definition) is 4. The molecule has 0 bridgehead atoms. The molecule has 1 amide bonds. The van der Waals surface area contributed by atoms with E-state index in [0.29, 0.717) is 10.7 Å².